The molecule has 3 aromatic rings. The monoisotopic (exact) mass is 430 g/mol. The first-order valence-electron chi connectivity index (χ1n) is 9.19. The van der Waals surface area contributed by atoms with Crippen LogP contribution in [0.2, 0.25) is 0 Å². The molecule has 0 saturated carbocycles. The Labute approximate surface area is 173 Å². The number of hydrogen-bond acceptors (Lipinski definition) is 5. The lowest BCUT2D eigenvalue weighted by Gasteiger charge is -2.11. The number of non-ortho nitro benzene ring substituents is 1. The molecule has 1 heterocycles. The number of hydrogen-bond donors (Lipinski definition) is 1. The molecule has 9 nitrogen and oxygen atoms in total. The Kier molecular flexibility index (Phi) is 5.53. The molecule has 0 fully saturated rings. The summed E-state index contributed by atoms with van der Waals surface area (Å²) >= 11 is 0. The topological polar surface area (TPSA) is 116 Å². The number of nitro groups is 1. The minimum atomic E-state index is -3.90. The zero-order valence-corrected chi connectivity index (χ0v) is 17.8. The van der Waals surface area contributed by atoms with Crippen molar-refractivity contribution in [3.63, 3.8) is 0 Å². The van der Waals surface area contributed by atoms with Gasteiger partial charge >= 0.3 is 0 Å². The molecular formula is C20H22N4O5S. The summed E-state index contributed by atoms with van der Waals surface area (Å²) in [5.74, 6) is 0.0653. The van der Waals surface area contributed by atoms with Crippen LogP contribution < -0.4 is 10.3 Å². The fourth-order valence-electron chi connectivity index (χ4n) is 3.32. The molecule has 0 amide bonds. The van der Waals surface area contributed by atoms with Gasteiger partial charge in [0.2, 0.25) is 0 Å². The van der Waals surface area contributed by atoms with Crippen molar-refractivity contribution in [1.29, 1.82) is 0 Å². The van der Waals surface area contributed by atoms with Crippen LogP contribution in [0.3, 0.4) is 0 Å². The lowest BCUT2D eigenvalue weighted by molar-refractivity contribution is -0.384. The van der Waals surface area contributed by atoms with Gasteiger partial charge in [-0.1, -0.05) is 13.8 Å². The van der Waals surface area contributed by atoms with Crippen LogP contribution in [-0.2, 0) is 17.1 Å². The van der Waals surface area contributed by atoms with Crippen LogP contribution in [0.4, 0.5) is 11.4 Å². The highest BCUT2D eigenvalue weighted by Gasteiger charge is 2.20. The van der Waals surface area contributed by atoms with Gasteiger partial charge in [-0.15, -0.1) is 0 Å². The third-order valence-corrected chi connectivity index (χ3v) is 6.29. The Morgan fingerprint density at radius 1 is 1.03 bits per heavy atom. The molecule has 1 N–H and O–H groups in total. The summed E-state index contributed by atoms with van der Waals surface area (Å²) in [7, 11) is -2.11. The first-order chi connectivity index (χ1) is 14.0. The van der Waals surface area contributed by atoms with Crippen molar-refractivity contribution in [3.05, 3.63) is 80.3 Å². The van der Waals surface area contributed by atoms with E-state index in [-0.39, 0.29) is 27.7 Å². The van der Waals surface area contributed by atoms with Crippen LogP contribution in [-0.4, -0.2) is 22.7 Å². The second kappa shape index (κ2) is 7.79. The van der Waals surface area contributed by atoms with E-state index in [0.29, 0.717) is 11.3 Å². The van der Waals surface area contributed by atoms with Gasteiger partial charge < -0.3 is 0 Å². The minimum absolute atomic E-state index is 0.00710. The summed E-state index contributed by atoms with van der Waals surface area (Å²) in [4.78, 5) is 23.0. The van der Waals surface area contributed by atoms with Crippen LogP contribution in [0.1, 0.15) is 31.0 Å². The molecule has 30 heavy (non-hydrogen) atoms. The zero-order valence-electron chi connectivity index (χ0n) is 17.0. The molecule has 1 aromatic heterocycles. The predicted octanol–water partition coefficient (Wildman–Crippen LogP) is 3.32. The van der Waals surface area contributed by atoms with Crippen LogP contribution >= 0.6 is 0 Å². The number of aromatic nitrogens is 2. The van der Waals surface area contributed by atoms with Gasteiger partial charge in [0, 0.05) is 36.1 Å². The summed E-state index contributed by atoms with van der Waals surface area (Å²) < 4.78 is 30.9. The van der Waals surface area contributed by atoms with Crippen molar-refractivity contribution < 1.29 is 13.3 Å². The number of nitrogens with zero attached hydrogens (tertiary/aromatic N) is 3. The van der Waals surface area contributed by atoms with Gasteiger partial charge in [-0.2, -0.15) is 0 Å². The summed E-state index contributed by atoms with van der Waals surface area (Å²) in [5, 5.41) is 10.7. The number of benzene rings is 2. The van der Waals surface area contributed by atoms with Crippen LogP contribution in [0, 0.1) is 17.0 Å². The highest BCUT2D eigenvalue weighted by atomic mass is 32.2. The van der Waals surface area contributed by atoms with E-state index in [4.69, 9.17) is 0 Å². The van der Waals surface area contributed by atoms with Gasteiger partial charge in [0.05, 0.1) is 15.5 Å². The lowest BCUT2D eigenvalue weighted by atomic mass is 10.0. The van der Waals surface area contributed by atoms with Gasteiger partial charge in [0.15, 0.2) is 0 Å². The average molecular weight is 430 g/mol. The Morgan fingerprint density at radius 3 is 2.07 bits per heavy atom. The van der Waals surface area contributed by atoms with Crippen LogP contribution in [0.25, 0.3) is 5.69 Å². The molecule has 0 unspecified atom stereocenters. The van der Waals surface area contributed by atoms with E-state index >= 15 is 0 Å². The number of anilines is 1. The normalized spacial score (nSPS) is 11.6. The second-order valence-electron chi connectivity index (χ2n) is 7.20. The van der Waals surface area contributed by atoms with Crippen molar-refractivity contribution in [2.45, 2.75) is 31.6 Å². The largest absolute Gasteiger partial charge is 0.285 e. The third-order valence-electron chi connectivity index (χ3n) is 4.90. The van der Waals surface area contributed by atoms with Gasteiger partial charge in [-0.3, -0.25) is 24.3 Å². The van der Waals surface area contributed by atoms with Gasteiger partial charge in [-0.05, 0) is 49.2 Å². The highest BCUT2D eigenvalue weighted by Crippen LogP contribution is 2.21. The lowest BCUT2D eigenvalue weighted by Crippen LogP contribution is -2.21. The van der Waals surface area contributed by atoms with E-state index in [2.05, 4.69) is 4.72 Å². The van der Waals surface area contributed by atoms with Crippen molar-refractivity contribution in [2.24, 2.45) is 7.05 Å². The molecule has 158 valence electrons. The number of rotatable bonds is 6. The first kappa shape index (κ1) is 21.3. The summed E-state index contributed by atoms with van der Waals surface area (Å²) in [6.07, 6.45) is 0. The second-order valence-corrected chi connectivity index (χ2v) is 8.88. The Morgan fingerprint density at radius 2 is 1.60 bits per heavy atom. The molecule has 0 aliphatic carbocycles. The molecule has 0 aliphatic rings. The zero-order chi connectivity index (χ0) is 22.2. The molecular weight excluding hydrogens is 408 g/mol. The third kappa shape index (κ3) is 3.86. The molecule has 3 rings (SSSR count). The van der Waals surface area contributed by atoms with E-state index in [9.17, 15) is 23.3 Å². The maximum absolute atomic E-state index is 12.8. The van der Waals surface area contributed by atoms with Gasteiger partial charge in [0.1, 0.15) is 0 Å². The number of nitro benzene ring substituents is 1. The predicted molar refractivity (Wildman–Crippen MR) is 114 cm³/mol. The maximum atomic E-state index is 12.8. The molecule has 0 saturated heterocycles. The van der Waals surface area contributed by atoms with E-state index in [0.717, 1.165) is 5.69 Å². The Hall–Kier alpha value is -3.40. The van der Waals surface area contributed by atoms with Crippen molar-refractivity contribution >= 4 is 21.4 Å². The molecule has 0 aliphatic heterocycles. The van der Waals surface area contributed by atoms with Crippen molar-refractivity contribution in [2.75, 3.05) is 4.72 Å². The van der Waals surface area contributed by atoms with Gasteiger partial charge in [0.25, 0.3) is 21.3 Å². The molecule has 0 atom stereocenters. The van der Waals surface area contributed by atoms with E-state index in [1.165, 1.54) is 41.1 Å². The first-order valence-corrected chi connectivity index (χ1v) is 10.7. The van der Waals surface area contributed by atoms with E-state index in [1.807, 2.05) is 20.8 Å². The average Bonchev–Trinajstić information content (AvgIpc) is 2.90. The fraction of sp³-hybridized carbons (Fsp3) is 0.250. The summed E-state index contributed by atoms with van der Waals surface area (Å²) in [5.41, 5.74) is 2.06. The van der Waals surface area contributed by atoms with Crippen molar-refractivity contribution in [1.82, 2.24) is 9.36 Å². The Bertz CT molecular complexity index is 1250. The SMILES string of the molecule is Cc1c(C(C)C)c(=O)n(-c2ccc(S(=O)(=O)Nc3ccc([N+](=O)[O-])cc3)cc2)n1C. The number of sulfonamides is 1. The summed E-state index contributed by atoms with van der Waals surface area (Å²) in [6.45, 7) is 5.78. The van der Waals surface area contributed by atoms with Crippen LogP contribution in [0.5, 0.6) is 0 Å². The quantitative estimate of drug-likeness (QED) is 0.476. The van der Waals surface area contributed by atoms with E-state index < -0.39 is 14.9 Å². The van der Waals surface area contributed by atoms with Crippen molar-refractivity contribution in [3.8, 4) is 5.69 Å². The summed E-state index contributed by atoms with van der Waals surface area (Å²) in [6, 6.07) is 11.0. The highest BCUT2D eigenvalue weighted by molar-refractivity contribution is 7.92. The molecule has 0 bridgehead atoms. The maximum Gasteiger partial charge on any atom is 0.275 e. The molecule has 10 heteroatoms. The van der Waals surface area contributed by atoms with Gasteiger partial charge in [-0.25, -0.2) is 13.1 Å². The smallest absolute Gasteiger partial charge is 0.275 e. The Balaban J connectivity index is 1.91. The fourth-order valence-corrected chi connectivity index (χ4v) is 4.37. The molecule has 0 spiro atoms. The molecule has 2 aromatic carbocycles. The van der Waals surface area contributed by atoms with E-state index in [1.54, 1.807) is 23.9 Å². The molecule has 0 radical (unpaired) electrons. The van der Waals surface area contributed by atoms with Crippen LogP contribution in [0.15, 0.2) is 58.2 Å². The standard InChI is InChI=1S/C20H22N4O5S/c1-13(2)19-14(3)22(4)23(20(19)25)16-9-11-18(12-10-16)30(28,29)21-15-5-7-17(8-6-15)24(26)27/h5-13,21H,1-4H3. The number of nitrogens with one attached hydrogen (secondary N) is 1. The minimum Gasteiger partial charge on any atom is -0.285 e.